The van der Waals surface area contributed by atoms with Gasteiger partial charge in [0, 0.05) is 13.5 Å². The van der Waals surface area contributed by atoms with Crippen LogP contribution in [-0.4, -0.2) is 16.1 Å². The number of hydrogen-bond acceptors (Lipinski definition) is 2. The molecule has 0 saturated carbocycles. The van der Waals surface area contributed by atoms with Gasteiger partial charge in [-0.2, -0.15) is 0 Å². The van der Waals surface area contributed by atoms with E-state index in [0.717, 1.165) is 24.2 Å². The highest BCUT2D eigenvalue weighted by molar-refractivity contribution is 5.76. The lowest BCUT2D eigenvalue weighted by atomic mass is 10.1. The Hall–Kier alpha value is -1.35. The summed E-state index contributed by atoms with van der Waals surface area (Å²) in [6.07, 6.45) is 1.89. The first kappa shape index (κ1) is 10.2. The number of imidazole rings is 1. The third kappa shape index (κ3) is 1.75. The quantitative estimate of drug-likeness (QED) is 0.824. The van der Waals surface area contributed by atoms with Crippen molar-refractivity contribution in [2.75, 3.05) is 6.54 Å². The Morgan fingerprint density at radius 1 is 1.40 bits per heavy atom. The predicted octanol–water partition coefficient (Wildman–Crippen LogP) is 1.64. The summed E-state index contributed by atoms with van der Waals surface area (Å²) >= 11 is 0. The number of nitrogens with zero attached hydrogens (tertiary/aromatic N) is 2. The van der Waals surface area contributed by atoms with Crippen LogP contribution in [0.3, 0.4) is 0 Å². The average molecular weight is 203 g/mol. The van der Waals surface area contributed by atoms with Crippen LogP contribution in [-0.2, 0) is 19.9 Å². The van der Waals surface area contributed by atoms with Gasteiger partial charge in [0.2, 0.25) is 0 Å². The van der Waals surface area contributed by atoms with Gasteiger partial charge in [-0.3, -0.25) is 0 Å². The zero-order valence-corrected chi connectivity index (χ0v) is 9.33. The first-order chi connectivity index (χ1) is 7.26. The van der Waals surface area contributed by atoms with Gasteiger partial charge in [-0.1, -0.05) is 13.0 Å². The van der Waals surface area contributed by atoms with E-state index in [0.29, 0.717) is 6.54 Å². The smallest absolute Gasteiger partial charge is 0.109 e. The molecule has 2 N–H and O–H groups in total. The van der Waals surface area contributed by atoms with Gasteiger partial charge in [-0.15, -0.1) is 0 Å². The maximum Gasteiger partial charge on any atom is 0.109 e. The fourth-order valence-electron chi connectivity index (χ4n) is 1.93. The van der Waals surface area contributed by atoms with Gasteiger partial charge >= 0.3 is 0 Å². The molecule has 0 fully saturated rings. The summed E-state index contributed by atoms with van der Waals surface area (Å²) in [5.41, 5.74) is 9.09. The fourth-order valence-corrected chi connectivity index (χ4v) is 1.93. The van der Waals surface area contributed by atoms with Gasteiger partial charge in [0.25, 0.3) is 0 Å². The Balaban J connectivity index is 2.53. The molecule has 1 aromatic heterocycles. The van der Waals surface area contributed by atoms with Crippen LogP contribution in [0.2, 0.25) is 0 Å². The molecule has 2 rings (SSSR count). The van der Waals surface area contributed by atoms with E-state index >= 15 is 0 Å². The highest BCUT2D eigenvalue weighted by atomic mass is 15.1. The zero-order chi connectivity index (χ0) is 10.8. The van der Waals surface area contributed by atoms with E-state index in [1.807, 2.05) is 0 Å². The van der Waals surface area contributed by atoms with E-state index in [1.54, 1.807) is 0 Å². The molecular weight excluding hydrogens is 186 g/mol. The summed E-state index contributed by atoms with van der Waals surface area (Å²) in [6, 6.07) is 6.41. The van der Waals surface area contributed by atoms with Gasteiger partial charge in [0.15, 0.2) is 0 Å². The molecule has 0 saturated heterocycles. The fraction of sp³-hybridized carbons (Fsp3) is 0.417. The van der Waals surface area contributed by atoms with Crippen molar-refractivity contribution in [3.63, 3.8) is 0 Å². The number of nitrogens with two attached hydrogens (primary N) is 1. The largest absolute Gasteiger partial charge is 0.331 e. The van der Waals surface area contributed by atoms with E-state index in [4.69, 9.17) is 5.73 Å². The van der Waals surface area contributed by atoms with Crippen molar-refractivity contribution >= 4 is 11.0 Å². The molecule has 0 aliphatic rings. The minimum absolute atomic E-state index is 0.693. The van der Waals surface area contributed by atoms with Gasteiger partial charge in [0.1, 0.15) is 5.82 Å². The first-order valence-corrected chi connectivity index (χ1v) is 5.40. The van der Waals surface area contributed by atoms with Crippen molar-refractivity contribution in [3.8, 4) is 0 Å². The predicted molar refractivity (Wildman–Crippen MR) is 62.9 cm³/mol. The second-order valence-corrected chi connectivity index (χ2v) is 3.80. The topological polar surface area (TPSA) is 43.8 Å². The normalized spacial score (nSPS) is 11.1. The molecule has 0 radical (unpaired) electrons. The third-order valence-electron chi connectivity index (χ3n) is 2.79. The van der Waals surface area contributed by atoms with Crippen molar-refractivity contribution < 1.29 is 0 Å². The minimum Gasteiger partial charge on any atom is -0.331 e. The van der Waals surface area contributed by atoms with Crippen molar-refractivity contribution in [3.05, 3.63) is 29.6 Å². The van der Waals surface area contributed by atoms with E-state index in [2.05, 4.69) is 41.7 Å². The van der Waals surface area contributed by atoms with Crippen LogP contribution in [0.15, 0.2) is 18.2 Å². The highest BCUT2D eigenvalue weighted by Crippen LogP contribution is 2.17. The first-order valence-electron chi connectivity index (χ1n) is 5.40. The molecule has 3 nitrogen and oxygen atoms in total. The zero-order valence-electron chi connectivity index (χ0n) is 9.33. The van der Waals surface area contributed by atoms with Crippen molar-refractivity contribution in [1.82, 2.24) is 9.55 Å². The number of aromatic nitrogens is 2. The maximum atomic E-state index is 5.54. The van der Waals surface area contributed by atoms with Gasteiger partial charge in [-0.25, -0.2) is 4.98 Å². The standard InChI is InChI=1S/C12H17N3/c1-3-12-14-10-8-9(6-7-13)4-5-11(10)15(12)2/h4-5,8H,3,6-7,13H2,1-2H3. The lowest BCUT2D eigenvalue weighted by molar-refractivity contribution is 0.829. The van der Waals surface area contributed by atoms with Crippen molar-refractivity contribution in [2.24, 2.45) is 12.8 Å². The molecule has 1 aromatic carbocycles. The molecule has 0 unspecified atom stereocenters. The number of aryl methyl sites for hydroxylation is 2. The highest BCUT2D eigenvalue weighted by Gasteiger charge is 2.05. The molecule has 0 spiro atoms. The molecule has 0 bridgehead atoms. The Morgan fingerprint density at radius 2 is 2.20 bits per heavy atom. The summed E-state index contributed by atoms with van der Waals surface area (Å²) < 4.78 is 2.15. The van der Waals surface area contributed by atoms with Crippen LogP contribution in [0.4, 0.5) is 0 Å². The number of benzene rings is 1. The maximum absolute atomic E-state index is 5.54. The Morgan fingerprint density at radius 3 is 2.87 bits per heavy atom. The molecule has 3 heteroatoms. The summed E-state index contributed by atoms with van der Waals surface area (Å²) in [4.78, 5) is 4.60. The third-order valence-corrected chi connectivity index (χ3v) is 2.79. The van der Waals surface area contributed by atoms with E-state index in [-0.39, 0.29) is 0 Å². The van der Waals surface area contributed by atoms with Gasteiger partial charge in [0.05, 0.1) is 11.0 Å². The van der Waals surface area contributed by atoms with Crippen molar-refractivity contribution in [2.45, 2.75) is 19.8 Å². The van der Waals surface area contributed by atoms with Gasteiger partial charge in [-0.05, 0) is 30.7 Å². The molecule has 1 heterocycles. The van der Waals surface area contributed by atoms with Gasteiger partial charge < -0.3 is 10.3 Å². The summed E-state index contributed by atoms with van der Waals surface area (Å²) in [5.74, 6) is 1.13. The number of rotatable bonds is 3. The SMILES string of the molecule is CCc1nc2cc(CCN)ccc2n1C. The summed E-state index contributed by atoms with van der Waals surface area (Å²) in [6.45, 7) is 2.82. The monoisotopic (exact) mass is 203 g/mol. The average Bonchev–Trinajstić information content (AvgIpc) is 2.56. The molecule has 80 valence electrons. The minimum atomic E-state index is 0.693. The molecule has 2 aromatic rings. The summed E-state index contributed by atoms with van der Waals surface area (Å²) in [5, 5.41) is 0. The second-order valence-electron chi connectivity index (χ2n) is 3.80. The number of fused-ring (bicyclic) bond motifs is 1. The Labute approximate surface area is 89.9 Å². The van der Waals surface area contributed by atoms with E-state index in [1.165, 1.54) is 11.1 Å². The van der Waals surface area contributed by atoms with Crippen LogP contribution in [0.5, 0.6) is 0 Å². The molecule has 15 heavy (non-hydrogen) atoms. The Bertz CT molecular complexity index is 471. The lowest BCUT2D eigenvalue weighted by Crippen LogP contribution is -2.02. The van der Waals surface area contributed by atoms with Crippen LogP contribution in [0.1, 0.15) is 18.3 Å². The van der Waals surface area contributed by atoms with Crippen LogP contribution in [0.25, 0.3) is 11.0 Å². The molecular formula is C12H17N3. The molecule has 0 aliphatic carbocycles. The lowest BCUT2D eigenvalue weighted by Gasteiger charge is -2.00. The van der Waals surface area contributed by atoms with E-state index < -0.39 is 0 Å². The molecule has 0 atom stereocenters. The van der Waals surface area contributed by atoms with E-state index in [9.17, 15) is 0 Å². The van der Waals surface area contributed by atoms with Crippen LogP contribution in [0, 0.1) is 0 Å². The summed E-state index contributed by atoms with van der Waals surface area (Å²) in [7, 11) is 2.07. The second kappa shape index (κ2) is 4.03. The molecule has 0 aliphatic heterocycles. The Kier molecular flexibility index (Phi) is 2.73. The van der Waals surface area contributed by atoms with Crippen molar-refractivity contribution in [1.29, 1.82) is 0 Å². The number of hydrogen-bond donors (Lipinski definition) is 1. The van der Waals surface area contributed by atoms with Crippen LogP contribution >= 0.6 is 0 Å². The van der Waals surface area contributed by atoms with Crippen LogP contribution < -0.4 is 5.73 Å². The molecule has 0 amide bonds.